The molecule has 0 saturated carbocycles. The van der Waals surface area contributed by atoms with Crippen LogP contribution in [-0.4, -0.2) is 16.5 Å². The van der Waals surface area contributed by atoms with Crippen LogP contribution in [0.25, 0.3) is 0 Å². The minimum Gasteiger partial charge on any atom is -0.382 e. The molecule has 4 heteroatoms. The van der Waals surface area contributed by atoms with Gasteiger partial charge in [-0.15, -0.1) is 0 Å². The minimum atomic E-state index is -1.38. The summed E-state index contributed by atoms with van der Waals surface area (Å²) in [6.45, 7) is 3.17. The van der Waals surface area contributed by atoms with Crippen LogP contribution >= 0.6 is 15.9 Å². The first-order valence-electron chi connectivity index (χ1n) is 5.06. The molecule has 0 aliphatic carbocycles. The molecular formula is C12H14BrFO2. The van der Waals surface area contributed by atoms with E-state index < -0.39 is 11.4 Å². The molecule has 1 rings (SSSR count). The van der Waals surface area contributed by atoms with Gasteiger partial charge in [-0.3, -0.25) is 4.79 Å². The van der Waals surface area contributed by atoms with Gasteiger partial charge in [-0.05, 0) is 31.0 Å². The van der Waals surface area contributed by atoms with E-state index in [0.717, 1.165) is 0 Å². The molecule has 0 radical (unpaired) electrons. The second-order valence-electron chi connectivity index (χ2n) is 3.96. The Kier molecular flexibility index (Phi) is 4.21. The lowest BCUT2D eigenvalue weighted by Crippen LogP contribution is -2.35. The second kappa shape index (κ2) is 5.06. The summed E-state index contributed by atoms with van der Waals surface area (Å²) in [6, 6.07) is 4.53. The summed E-state index contributed by atoms with van der Waals surface area (Å²) in [7, 11) is 0. The fraction of sp³-hybridized carbons (Fsp3) is 0.417. The van der Waals surface area contributed by atoms with Crippen molar-refractivity contribution in [1.29, 1.82) is 0 Å². The SMILES string of the molecule is CCC(C)(O)C(=O)Cc1ccc(Br)cc1F. The van der Waals surface area contributed by atoms with Crippen LogP contribution in [0.5, 0.6) is 0 Å². The van der Waals surface area contributed by atoms with Crippen LogP contribution in [0, 0.1) is 5.82 Å². The molecule has 88 valence electrons. The Morgan fingerprint density at radius 2 is 2.19 bits per heavy atom. The zero-order valence-corrected chi connectivity index (χ0v) is 10.8. The van der Waals surface area contributed by atoms with E-state index in [1.165, 1.54) is 13.0 Å². The summed E-state index contributed by atoms with van der Waals surface area (Å²) >= 11 is 3.14. The third-order valence-electron chi connectivity index (χ3n) is 2.66. The summed E-state index contributed by atoms with van der Waals surface area (Å²) in [4.78, 5) is 11.7. The summed E-state index contributed by atoms with van der Waals surface area (Å²) in [5.74, 6) is -0.800. The lowest BCUT2D eigenvalue weighted by molar-refractivity contribution is -0.135. The maximum Gasteiger partial charge on any atom is 0.168 e. The average Bonchev–Trinajstić information content (AvgIpc) is 2.22. The molecule has 1 aromatic carbocycles. The number of Topliss-reactive ketones (excluding diaryl/α,β-unsaturated/α-hetero) is 1. The van der Waals surface area contributed by atoms with E-state index in [4.69, 9.17) is 0 Å². The van der Waals surface area contributed by atoms with Gasteiger partial charge in [-0.1, -0.05) is 28.9 Å². The summed E-state index contributed by atoms with van der Waals surface area (Å²) in [5, 5.41) is 9.72. The van der Waals surface area contributed by atoms with Gasteiger partial charge in [0, 0.05) is 10.9 Å². The number of halogens is 2. The number of benzene rings is 1. The molecular weight excluding hydrogens is 275 g/mol. The molecule has 0 saturated heterocycles. The molecule has 1 aromatic rings. The van der Waals surface area contributed by atoms with E-state index in [9.17, 15) is 14.3 Å². The van der Waals surface area contributed by atoms with E-state index in [2.05, 4.69) is 15.9 Å². The lowest BCUT2D eigenvalue weighted by Gasteiger charge is -2.19. The Morgan fingerprint density at radius 3 is 2.69 bits per heavy atom. The molecule has 0 aliphatic rings. The van der Waals surface area contributed by atoms with Crippen molar-refractivity contribution in [2.75, 3.05) is 0 Å². The van der Waals surface area contributed by atoms with Crippen LogP contribution in [-0.2, 0) is 11.2 Å². The molecule has 1 atom stereocenters. The normalized spacial score (nSPS) is 14.6. The van der Waals surface area contributed by atoms with Crippen LogP contribution < -0.4 is 0 Å². The third kappa shape index (κ3) is 3.12. The quantitative estimate of drug-likeness (QED) is 0.925. The fourth-order valence-corrected chi connectivity index (χ4v) is 1.56. The molecule has 0 spiro atoms. The monoisotopic (exact) mass is 288 g/mol. The van der Waals surface area contributed by atoms with Crippen molar-refractivity contribution in [2.45, 2.75) is 32.3 Å². The van der Waals surface area contributed by atoms with Crippen molar-refractivity contribution >= 4 is 21.7 Å². The largest absolute Gasteiger partial charge is 0.382 e. The first kappa shape index (κ1) is 13.3. The Labute approximate surface area is 103 Å². The molecule has 0 bridgehead atoms. The number of rotatable bonds is 4. The van der Waals surface area contributed by atoms with Crippen molar-refractivity contribution in [1.82, 2.24) is 0 Å². The third-order valence-corrected chi connectivity index (χ3v) is 3.15. The van der Waals surface area contributed by atoms with Crippen LogP contribution in [0.2, 0.25) is 0 Å². The number of carbonyl (C=O) groups is 1. The van der Waals surface area contributed by atoms with Gasteiger partial charge in [0.2, 0.25) is 0 Å². The predicted molar refractivity (Wildman–Crippen MR) is 63.7 cm³/mol. The highest BCUT2D eigenvalue weighted by atomic mass is 79.9. The Balaban J connectivity index is 2.85. The summed E-state index contributed by atoms with van der Waals surface area (Å²) in [6.07, 6.45) is 0.240. The second-order valence-corrected chi connectivity index (χ2v) is 4.88. The molecule has 2 nitrogen and oxygen atoms in total. The molecule has 1 N–H and O–H groups in total. The molecule has 1 unspecified atom stereocenters. The first-order valence-corrected chi connectivity index (χ1v) is 5.85. The van der Waals surface area contributed by atoms with Gasteiger partial charge < -0.3 is 5.11 Å². The number of aliphatic hydroxyl groups is 1. The van der Waals surface area contributed by atoms with Crippen molar-refractivity contribution in [3.63, 3.8) is 0 Å². The number of carbonyl (C=O) groups excluding carboxylic acids is 1. The van der Waals surface area contributed by atoms with Crippen LogP contribution in [0.1, 0.15) is 25.8 Å². The maximum absolute atomic E-state index is 13.4. The van der Waals surface area contributed by atoms with E-state index in [1.807, 2.05) is 0 Å². The van der Waals surface area contributed by atoms with Crippen LogP contribution in [0.3, 0.4) is 0 Å². The summed E-state index contributed by atoms with van der Waals surface area (Å²) in [5.41, 5.74) is -1.07. The van der Waals surface area contributed by atoms with E-state index >= 15 is 0 Å². The van der Waals surface area contributed by atoms with Crippen LogP contribution in [0.15, 0.2) is 22.7 Å². The molecule has 0 aromatic heterocycles. The van der Waals surface area contributed by atoms with Gasteiger partial charge in [0.05, 0.1) is 0 Å². The highest BCUT2D eigenvalue weighted by molar-refractivity contribution is 9.10. The van der Waals surface area contributed by atoms with Gasteiger partial charge in [-0.25, -0.2) is 4.39 Å². The summed E-state index contributed by atoms with van der Waals surface area (Å²) < 4.78 is 14.1. The van der Waals surface area contributed by atoms with Crippen molar-refractivity contribution < 1.29 is 14.3 Å². The zero-order chi connectivity index (χ0) is 12.3. The maximum atomic E-state index is 13.4. The smallest absolute Gasteiger partial charge is 0.168 e. The number of hydrogen-bond donors (Lipinski definition) is 1. The fourth-order valence-electron chi connectivity index (χ4n) is 1.23. The van der Waals surface area contributed by atoms with E-state index in [1.54, 1.807) is 19.1 Å². The molecule has 0 heterocycles. The molecule has 16 heavy (non-hydrogen) atoms. The zero-order valence-electron chi connectivity index (χ0n) is 9.26. The van der Waals surface area contributed by atoms with Gasteiger partial charge in [0.15, 0.2) is 5.78 Å². The van der Waals surface area contributed by atoms with Crippen molar-refractivity contribution in [3.05, 3.63) is 34.1 Å². The number of hydrogen-bond acceptors (Lipinski definition) is 2. The minimum absolute atomic E-state index is 0.0834. The lowest BCUT2D eigenvalue weighted by atomic mass is 9.93. The van der Waals surface area contributed by atoms with Crippen molar-refractivity contribution in [3.8, 4) is 0 Å². The highest BCUT2D eigenvalue weighted by Gasteiger charge is 2.28. The van der Waals surface area contributed by atoms with Crippen molar-refractivity contribution in [2.24, 2.45) is 0 Å². The van der Waals surface area contributed by atoms with Gasteiger partial charge in [0.1, 0.15) is 11.4 Å². The first-order chi connectivity index (χ1) is 7.36. The molecule has 0 amide bonds. The predicted octanol–water partition coefficient (Wildman–Crippen LogP) is 2.86. The average molecular weight is 289 g/mol. The van der Waals surface area contributed by atoms with Gasteiger partial charge in [0.25, 0.3) is 0 Å². The Hall–Kier alpha value is -0.740. The van der Waals surface area contributed by atoms with Crippen LogP contribution in [0.4, 0.5) is 4.39 Å². The molecule has 0 fully saturated rings. The van der Waals surface area contributed by atoms with E-state index in [-0.39, 0.29) is 12.2 Å². The Morgan fingerprint density at radius 1 is 1.56 bits per heavy atom. The van der Waals surface area contributed by atoms with E-state index in [0.29, 0.717) is 16.5 Å². The van der Waals surface area contributed by atoms with Gasteiger partial charge in [-0.2, -0.15) is 0 Å². The molecule has 0 aliphatic heterocycles. The highest BCUT2D eigenvalue weighted by Crippen LogP contribution is 2.19. The van der Waals surface area contributed by atoms with Gasteiger partial charge >= 0.3 is 0 Å². The topological polar surface area (TPSA) is 37.3 Å². The Bertz CT molecular complexity index is 402. The standard InChI is InChI=1S/C12H14BrFO2/c1-3-12(2,16)11(15)6-8-4-5-9(13)7-10(8)14/h4-5,7,16H,3,6H2,1-2H3. The number of ketones is 1.